The molecule has 22 heavy (non-hydrogen) atoms. The summed E-state index contributed by atoms with van der Waals surface area (Å²) in [5.41, 5.74) is 5.82. The molecule has 0 aromatic carbocycles. The van der Waals surface area contributed by atoms with Gasteiger partial charge in [0.15, 0.2) is 0 Å². The van der Waals surface area contributed by atoms with Gasteiger partial charge in [0.05, 0.1) is 0 Å². The van der Waals surface area contributed by atoms with E-state index in [1.165, 1.54) is 35.1 Å². The second-order valence-corrected chi connectivity index (χ2v) is 6.09. The molecule has 0 nitrogen and oxygen atoms in total. The van der Waals surface area contributed by atoms with Crippen molar-refractivity contribution < 1.29 is 0 Å². The van der Waals surface area contributed by atoms with Gasteiger partial charge in [-0.1, -0.05) is 101 Å². The molecular formula is C22H28. The zero-order valence-corrected chi connectivity index (χ0v) is 14.3. The Kier molecular flexibility index (Phi) is 6.00. The van der Waals surface area contributed by atoms with Crippen molar-refractivity contribution in [2.75, 3.05) is 0 Å². The molecule has 0 aromatic rings. The molecule has 0 radical (unpaired) electrons. The van der Waals surface area contributed by atoms with Crippen molar-refractivity contribution in [2.45, 2.75) is 40.5 Å². The fourth-order valence-electron chi connectivity index (χ4n) is 3.13. The Morgan fingerprint density at radius 3 is 1.23 bits per heavy atom. The van der Waals surface area contributed by atoms with Gasteiger partial charge < -0.3 is 0 Å². The van der Waals surface area contributed by atoms with E-state index in [0.717, 1.165) is 0 Å². The normalized spacial score (nSPS) is 25.3. The third kappa shape index (κ3) is 3.32. The minimum absolute atomic E-state index is 0.561. The van der Waals surface area contributed by atoms with Gasteiger partial charge in [-0.3, -0.25) is 0 Å². The van der Waals surface area contributed by atoms with E-state index in [9.17, 15) is 0 Å². The highest BCUT2D eigenvalue weighted by atomic mass is 14.4. The summed E-state index contributed by atoms with van der Waals surface area (Å²) < 4.78 is 0. The predicted molar refractivity (Wildman–Crippen MR) is 98.7 cm³/mol. The summed E-state index contributed by atoms with van der Waals surface area (Å²) in [4.78, 5) is 0. The lowest BCUT2D eigenvalue weighted by Gasteiger charge is -2.39. The van der Waals surface area contributed by atoms with Gasteiger partial charge in [0.25, 0.3) is 0 Å². The third-order valence-electron chi connectivity index (χ3n) is 3.86. The number of hydrogen-bond acceptors (Lipinski definition) is 0. The molecule has 0 bridgehead atoms. The molecule has 4 rings (SSSR count). The summed E-state index contributed by atoms with van der Waals surface area (Å²) in [5.74, 6) is 1.12. The molecule has 116 valence electrons. The number of rotatable bonds is 0. The van der Waals surface area contributed by atoms with Crippen molar-refractivity contribution >= 4 is 0 Å². The molecule has 4 aliphatic carbocycles. The molecule has 0 aromatic heterocycles. The topological polar surface area (TPSA) is 0 Å². The average Bonchev–Trinajstić information content (AvgIpc) is 2.54. The quantitative estimate of drug-likeness (QED) is 0.479. The molecule has 0 saturated heterocycles. The lowest BCUT2D eigenvalue weighted by molar-refractivity contribution is 0.564. The maximum absolute atomic E-state index is 2.27. The Bertz CT molecular complexity index is 546. The van der Waals surface area contributed by atoms with Crippen LogP contribution in [0.2, 0.25) is 0 Å². The van der Waals surface area contributed by atoms with Gasteiger partial charge in [-0.05, 0) is 22.3 Å². The highest BCUT2D eigenvalue weighted by Gasteiger charge is 2.36. The molecule has 2 atom stereocenters. The second kappa shape index (κ2) is 7.98. The zero-order valence-electron chi connectivity index (χ0n) is 14.3. The zero-order chi connectivity index (χ0) is 15.9. The van der Waals surface area contributed by atoms with Crippen LogP contribution in [-0.4, -0.2) is 0 Å². The molecule has 0 spiro atoms. The Balaban J connectivity index is 0.000000259. The minimum Gasteiger partial charge on any atom is -0.0656 e. The average molecular weight is 292 g/mol. The molecule has 0 heterocycles. The van der Waals surface area contributed by atoms with Gasteiger partial charge in [-0.2, -0.15) is 0 Å². The van der Waals surface area contributed by atoms with Gasteiger partial charge in [0, 0.05) is 11.8 Å². The SMILES string of the molecule is C1=CC2=CC=C3C=CC=C4C=CC(=C1)C2C43.CCC.CCC. The van der Waals surface area contributed by atoms with Crippen molar-refractivity contribution in [3.63, 3.8) is 0 Å². The summed E-state index contributed by atoms with van der Waals surface area (Å²) in [5, 5.41) is 0. The van der Waals surface area contributed by atoms with E-state index in [0.29, 0.717) is 11.8 Å². The molecular weight excluding hydrogens is 264 g/mol. The Labute approximate surface area is 136 Å². The van der Waals surface area contributed by atoms with Gasteiger partial charge in [-0.25, -0.2) is 0 Å². The smallest absolute Gasteiger partial charge is 0.0199 e. The maximum atomic E-state index is 2.27. The van der Waals surface area contributed by atoms with E-state index in [1.54, 1.807) is 0 Å². The van der Waals surface area contributed by atoms with Crippen molar-refractivity contribution in [1.82, 2.24) is 0 Å². The lowest BCUT2D eigenvalue weighted by atomic mass is 9.65. The van der Waals surface area contributed by atoms with Gasteiger partial charge in [0.2, 0.25) is 0 Å². The molecule has 0 fully saturated rings. The molecule has 0 N–H and O–H groups in total. The van der Waals surface area contributed by atoms with Gasteiger partial charge >= 0.3 is 0 Å². The summed E-state index contributed by atoms with van der Waals surface area (Å²) in [6.45, 7) is 8.50. The molecule has 0 saturated carbocycles. The largest absolute Gasteiger partial charge is 0.0656 e. The maximum Gasteiger partial charge on any atom is 0.0199 e. The van der Waals surface area contributed by atoms with Crippen LogP contribution in [-0.2, 0) is 0 Å². The van der Waals surface area contributed by atoms with Gasteiger partial charge in [0.1, 0.15) is 0 Å². The standard InChI is InChI=1S/C16H12.2C3H8/c1-3-11-7-9-13-5-2-6-14-10-8-12(4-1)15(11)16(13)14;2*1-3-2/h1-10,15-16H;2*3H2,1-2H3. The Morgan fingerprint density at radius 2 is 0.864 bits per heavy atom. The van der Waals surface area contributed by atoms with E-state index >= 15 is 0 Å². The van der Waals surface area contributed by atoms with Crippen LogP contribution in [0.25, 0.3) is 0 Å². The van der Waals surface area contributed by atoms with Crippen molar-refractivity contribution in [2.24, 2.45) is 11.8 Å². The molecule has 2 unspecified atom stereocenters. The molecule has 0 aliphatic heterocycles. The number of hydrogen-bond donors (Lipinski definition) is 0. The summed E-state index contributed by atoms with van der Waals surface area (Å²) in [7, 11) is 0. The predicted octanol–water partition coefficient (Wildman–Crippen LogP) is 6.48. The van der Waals surface area contributed by atoms with E-state index in [2.05, 4.69) is 88.5 Å². The first-order valence-corrected chi connectivity index (χ1v) is 8.63. The van der Waals surface area contributed by atoms with Crippen molar-refractivity contribution in [3.05, 3.63) is 83.1 Å². The first-order valence-electron chi connectivity index (χ1n) is 8.63. The van der Waals surface area contributed by atoms with E-state index in [-0.39, 0.29) is 0 Å². The van der Waals surface area contributed by atoms with Crippen LogP contribution >= 0.6 is 0 Å². The molecule has 0 heteroatoms. The second-order valence-electron chi connectivity index (χ2n) is 6.09. The summed E-state index contributed by atoms with van der Waals surface area (Å²) in [6, 6.07) is 0. The van der Waals surface area contributed by atoms with E-state index < -0.39 is 0 Å². The summed E-state index contributed by atoms with van der Waals surface area (Å²) in [6.07, 6.45) is 24.9. The van der Waals surface area contributed by atoms with Gasteiger partial charge in [-0.15, -0.1) is 0 Å². The fraction of sp³-hybridized carbons (Fsp3) is 0.364. The molecule has 4 aliphatic rings. The monoisotopic (exact) mass is 292 g/mol. The van der Waals surface area contributed by atoms with E-state index in [1.807, 2.05) is 0 Å². The van der Waals surface area contributed by atoms with Crippen molar-refractivity contribution in [3.8, 4) is 0 Å². The number of allylic oxidation sites excluding steroid dienone is 14. The Morgan fingerprint density at radius 1 is 0.545 bits per heavy atom. The summed E-state index contributed by atoms with van der Waals surface area (Å²) >= 11 is 0. The molecule has 0 amide bonds. The van der Waals surface area contributed by atoms with E-state index in [4.69, 9.17) is 0 Å². The minimum atomic E-state index is 0.561. The first kappa shape index (κ1) is 16.5. The van der Waals surface area contributed by atoms with Crippen LogP contribution in [0.4, 0.5) is 0 Å². The van der Waals surface area contributed by atoms with Crippen molar-refractivity contribution in [1.29, 1.82) is 0 Å². The lowest BCUT2D eigenvalue weighted by Crippen LogP contribution is -2.28. The van der Waals surface area contributed by atoms with Crippen LogP contribution in [0.5, 0.6) is 0 Å². The fourth-order valence-corrected chi connectivity index (χ4v) is 3.13. The third-order valence-corrected chi connectivity index (χ3v) is 3.86. The van der Waals surface area contributed by atoms with Crippen LogP contribution in [0.3, 0.4) is 0 Å². The van der Waals surface area contributed by atoms with Crippen LogP contribution in [0.1, 0.15) is 40.5 Å². The van der Waals surface area contributed by atoms with Crippen LogP contribution in [0.15, 0.2) is 83.1 Å². The highest BCUT2D eigenvalue weighted by molar-refractivity contribution is 5.59. The highest BCUT2D eigenvalue weighted by Crippen LogP contribution is 2.47. The first-order chi connectivity index (χ1) is 10.8. The Hall–Kier alpha value is -1.82. The van der Waals surface area contributed by atoms with Crippen LogP contribution in [0, 0.1) is 11.8 Å². The van der Waals surface area contributed by atoms with Crippen LogP contribution < -0.4 is 0 Å².